The second kappa shape index (κ2) is 7.96. The molecule has 2 rings (SSSR count). The van der Waals surface area contributed by atoms with Crippen LogP contribution in [0.4, 0.5) is 10.7 Å². The van der Waals surface area contributed by atoms with E-state index in [2.05, 4.69) is 10.6 Å². The Morgan fingerprint density at radius 3 is 2.62 bits per heavy atom. The largest absolute Gasteiger partial charge is 0.462 e. The summed E-state index contributed by atoms with van der Waals surface area (Å²) in [6.07, 6.45) is 0. The minimum atomic E-state index is -0.344. The third kappa shape index (κ3) is 4.06. The van der Waals surface area contributed by atoms with Crippen LogP contribution in [0.25, 0.3) is 0 Å². The molecule has 0 spiro atoms. The molecular weight excluding hydrogens is 364 g/mol. The summed E-state index contributed by atoms with van der Waals surface area (Å²) >= 11 is 13.0. The molecule has 7 heteroatoms. The summed E-state index contributed by atoms with van der Waals surface area (Å²) in [5, 5.41) is 7.96. The zero-order valence-electron chi connectivity index (χ0n) is 14.0. The van der Waals surface area contributed by atoms with Gasteiger partial charge in [-0.1, -0.05) is 17.7 Å². The van der Waals surface area contributed by atoms with Crippen LogP contribution < -0.4 is 10.6 Å². The summed E-state index contributed by atoms with van der Waals surface area (Å²) in [6.45, 7) is 7.90. The Balaban J connectivity index is 2.22. The van der Waals surface area contributed by atoms with Crippen molar-refractivity contribution < 1.29 is 9.53 Å². The molecule has 1 aromatic heterocycles. The van der Waals surface area contributed by atoms with E-state index in [4.69, 9.17) is 28.6 Å². The molecule has 128 valence electrons. The van der Waals surface area contributed by atoms with Gasteiger partial charge in [-0.15, -0.1) is 11.3 Å². The van der Waals surface area contributed by atoms with Crippen molar-refractivity contribution >= 4 is 56.9 Å². The predicted molar refractivity (Wildman–Crippen MR) is 106 cm³/mol. The molecule has 24 heavy (non-hydrogen) atoms. The maximum Gasteiger partial charge on any atom is 0.341 e. The van der Waals surface area contributed by atoms with Crippen LogP contribution in [0.15, 0.2) is 18.2 Å². The molecule has 0 bridgehead atoms. The van der Waals surface area contributed by atoms with E-state index < -0.39 is 0 Å². The highest BCUT2D eigenvalue weighted by molar-refractivity contribution is 7.80. The summed E-state index contributed by atoms with van der Waals surface area (Å²) in [5.41, 5.74) is 3.17. The summed E-state index contributed by atoms with van der Waals surface area (Å²) in [4.78, 5) is 13.2. The van der Waals surface area contributed by atoms with E-state index in [0.717, 1.165) is 21.7 Å². The summed E-state index contributed by atoms with van der Waals surface area (Å²) in [5.74, 6) is -0.344. The number of halogens is 1. The lowest BCUT2D eigenvalue weighted by Crippen LogP contribution is -2.20. The van der Waals surface area contributed by atoms with Gasteiger partial charge >= 0.3 is 5.97 Å². The monoisotopic (exact) mass is 382 g/mol. The molecule has 1 aromatic carbocycles. The first kappa shape index (κ1) is 18.7. The van der Waals surface area contributed by atoms with Gasteiger partial charge in [-0.25, -0.2) is 4.79 Å². The third-order valence-corrected chi connectivity index (χ3v) is 5.34. The Hall–Kier alpha value is -1.63. The Bertz CT molecular complexity index is 787. The van der Waals surface area contributed by atoms with E-state index in [9.17, 15) is 4.79 Å². The van der Waals surface area contributed by atoms with Gasteiger partial charge in [0.05, 0.1) is 12.2 Å². The number of thiocarbonyl (C=S) groups is 1. The number of hydrogen-bond donors (Lipinski definition) is 2. The van der Waals surface area contributed by atoms with Gasteiger partial charge in [0, 0.05) is 15.6 Å². The number of thiophene rings is 1. The molecule has 0 fully saturated rings. The fourth-order valence-electron chi connectivity index (χ4n) is 2.16. The molecule has 0 amide bonds. The number of benzene rings is 1. The average Bonchev–Trinajstić information content (AvgIpc) is 2.78. The van der Waals surface area contributed by atoms with Crippen LogP contribution in [0.1, 0.15) is 33.3 Å². The minimum Gasteiger partial charge on any atom is -0.462 e. The molecule has 2 N–H and O–H groups in total. The summed E-state index contributed by atoms with van der Waals surface area (Å²) < 4.78 is 5.14. The third-order valence-electron chi connectivity index (χ3n) is 3.61. The fourth-order valence-corrected chi connectivity index (χ4v) is 3.67. The van der Waals surface area contributed by atoms with E-state index in [-0.39, 0.29) is 5.97 Å². The lowest BCUT2D eigenvalue weighted by molar-refractivity contribution is 0.0527. The molecule has 0 saturated carbocycles. The predicted octanol–water partition coefficient (Wildman–Crippen LogP) is 5.31. The van der Waals surface area contributed by atoms with Crippen molar-refractivity contribution in [2.75, 3.05) is 17.2 Å². The van der Waals surface area contributed by atoms with Gasteiger partial charge in [-0.3, -0.25) is 0 Å². The van der Waals surface area contributed by atoms with Gasteiger partial charge < -0.3 is 15.4 Å². The first-order valence-corrected chi connectivity index (χ1v) is 9.05. The van der Waals surface area contributed by atoms with E-state index in [1.807, 2.05) is 39.0 Å². The smallest absolute Gasteiger partial charge is 0.341 e. The Kier molecular flexibility index (Phi) is 6.21. The highest BCUT2D eigenvalue weighted by Crippen LogP contribution is 2.33. The van der Waals surface area contributed by atoms with Crippen LogP contribution in [0.2, 0.25) is 5.02 Å². The zero-order valence-corrected chi connectivity index (χ0v) is 16.3. The van der Waals surface area contributed by atoms with Crippen LogP contribution >= 0.6 is 35.2 Å². The Morgan fingerprint density at radius 1 is 1.25 bits per heavy atom. The quantitative estimate of drug-likeness (QED) is 0.554. The lowest BCUT2D eigenvalue weighted by atomic mass is 10.1. The van der Waals surface area contributed by atoms with Crippen LogP contribution in [0.5, 0.6) is 0 Å². The maximum absolute atomic E-state index is 12.2. The van der Waals surface area contributed by atoms with Crippen molar-refractivity contribution in [2.45, 2.75) is 27.7 Å². The van der Waals surface area contributed by atoms with Crippen LogP contribution in [-0.4, -0.2) is 17.7 Å². The number of carbonyl (C=O) groups is 1. The number of esters is 1. The normalized spacial score (nSPS) is 10.4. The first-order valence-electron chi connectivity index (χ1n) is 7.45. The minimum absolute atomic E-state index is 0.330. The number of ether oxygens (including phenoxy) is 1. The molecule has 2 aromatic rings. The second-order valence-corrected chi connectivity index (χ2v) is 7.24. The van der Waals surface area contributed by atoms with E-state index in [1.165, 1.54) is 11.3 Å². The highest BCUT2D eigenvalue weighted by Gasteiger charge is 2.21. The molecular formula is C17H19ClN2O2S2. The average molecular weight is 383 g/mol. The molecule has 0 aliphatic heterocycles. The number of aryl methyl sites for hydroxylation is 1. The number of rotatable bonds is 4. The molecule has 4 nitrogen and oxygen atoms in total. The van der Waals surface area contributed by atoms with Crippen molar-refractivity contribution in [3.05, 3.63) is 44.8 Å². The maximum atomic E-state index is 12.2. The van der Waals surface area contributed by atoms with Crippen molar-refractivity contribution in [1.82, 2.24) is 0 Å². The van der Waals surface area contributed by atoms with Crippen LogP contribution in [0, 0.1) is 20.8 Å². The first-order chi connectivity index (χ1) is 11.3. The topological polar surface area (TPSA) is 50.4 Å². The number of hydrogen-bond acceptors (Lipinski definition) is 4. The van der Waals surface area contributed by atoms with Gasteiger partial charge in [0.15, 0.2) is 5.11 Å². The van der Waals surface area contributed by atoms with E-state index >= 15 is 0 Å². The van der Waals surface area contributed by atoms with Gasteiger partial charge in [-0.2, -0.15) is 0 Å². The van der Waals surface area contributed by atoms with Crippen molar-refractivity contribution in [3.63, 3.8) is 0 Å². The summed E-state index contributed by atoms with van der Waals surface area (Å²) in [6, 6.07) is 5.57. The molecule has 0 aliphatic rings. The Labute approximate surface area is 156 Å². The SMILES string of the molecule is CCOC(=O)c1c(NC(=S)Nc2cccc(Cl)c2C)sc(C)c1C. The molecule has 0 aliphatic carbocycles. The van der Waals surface area contributed by atoms with Crippen LogP contribution in [0.3, 0.4) is 0 Å². The number of anilines is 2. The molecule has 0 saturated heterocycles. The Morgan fingerprint density at radius 2 is 1.96 bits per heavy atom. The molecule has 1 heterocycles. The molecule has 0 unspecified atom stereocenters. The summed E-state index contributed by atoms with van der Waals surface area (Å²) in [7, 11) is 0. The van der Waals surface area contributed by atoms with E-state index in [0.29, 0.717) is 27.3 Å². The molecule has 0 atom stereocenters. The molecule has 0 radical (unpaired) electrons. The second-order valence-electron chi connectivity index (χ2n) is 5.20. The lowest BCUT2D eigenvalue weighted by Gasteiger charge is -2.13. The standard InChI is InChI=1S/C17H19ClN2O2S2/c1-5-22-16(21)14-9(2)11(4)24-15(14)20-17(23)19-13-8-6-7-12(18)10(13)3/h6-8H,5H2,1-4H3,(H2,19,20,23). The number of nitrogens with one attached hydrogen (secondary N) is 2. The van der Waals surface area contributed by atoms with E-state index in [1.54, 1.807) is 6.92 Å². The van der Waals surface area contributed by atoms with Crippen molar-refractivity contribution in [3.8, 4) is 0 Å². The van der Waals surface area contributed by atoms with Gasteiger partial charge in [-0.05, 0) is 63.2 Å². The zero-order chi connectivity index (χ0) is 17.9. The highest BCUT2D eigenvalue weighted by atomic mass is 35.5. The fraction of sp³-hybridized carbons (Fsp3) is 0.294. The van der Waals surface area contributed by atoms with Gasteiger partial charge in [0.2, 0.25) is 0 Å². The van der Waals surface area contributed by atoms with Crippen LogP contribution in [-0.2, 0) is 4.74 Å². The van der Waals surface area contributed by atoms with Crippen molar-refractivity contribution in [1.29, 1.82) is 0 Å². The van der Waals surface area contributed by atoms with Gasteiger partial charge in [0.1, 0.15) is 5.00 Å². The van der Waals surface area contributed by atoms with Crippen molar-refractivity contribution in [2.24, 2.45) is 0 Å². The number of carbonyl (C=O) groups excluding carboxylic acids is 1. The van der Waals surface area contributed by atoms with Gasteiger partial charge in [0.25, 0.3) is 0 Å².